The fourth-order valence-electron chi connectivity index (χ4n) is 11.7. The Morgan fingerprint density at radius 2 is 1.53 bits per heavy atom. The van der Waals surface area contributed by atoms with Gasteiger partial charge >= 0.3 is 5.97 Å². The third-order valence-electron chi connectivity index (χ3n) is 13.4. The third kappa shape index (κ3) is 2.76. The Hall–Kier alpha value is -0.870. The van der Waals surface area contributed by atoms with Crippen LogP contribution in [0.25, 0.3) is 0 Å². The van der Waals surface area contributed by atoms with Crippen molar-refractivity contribution in [3.63, 3.8) is 0 Å². The molecule has 4 heteroatoms. The zero-order chi connectivity index (χ0) is 25.1. The molecule has 5 fully saturated rings. The summed E-state index contributed by atoms with van der Waals surface area (Å²) in [6.07, 6.45) is 7.32. The van der Waals surface area contributed by atoms with Crippen LogP contribution >= 0.6 is 0 Å². The summed E-state index contributed by atoms with van der Waals surface area (Å²) < 4.78 is 0. The van der Waals surface area contributed by atoms with Crippen molar-refractivity contribution in [3.05, 3.63) is 12.2 Å². The van der Waals surface area contributed by atoms with E-state index >= 15 is 0 Å². The van der Waals surface area contributed by atoms with E-state index in [1.165, 1.54) is 5.57 Å². The fourth-order valence-corrected chi connectivity index (χ4v) is 11.7. The number of carbonyl (C=O) groups is 1. The molecule has 0 aromatic rings. The topological polar surface area (TPSA) is 77.8 Å². The summed E-state index contributed by atoms with van der Waals surface area (Å²) in [6, 6.07) is 0. The predicted molar refractivity (Wildman–Crippen MR) is 134 cm³/mol. The van der Waals surface area contributed by atoms with Gasteiger partial charge < -0.3 is 15.3 Å². The van der Waals surface area contributed by atoms with Crippen molar-refractivity contribution in [1.29, 1.82) is 0 Å². The minimum absolute atomic E-state index is 0.00606. The van der Waals surface area contributed by atoms with Crippen molar-refractivity contribution in [2.75, 3.05) is 0 Å². The summed E-state index contributed by atoms with van der Waals surface area (Å²) in [5.41, 5.74) is 0.501. The molecule has 0 aromatic carbocycles. The Balaban J connectivity index is 1.57. The van der Waals surface area contributed by atoms with E-state index in [0.717, 1.165) is 51.4 Å². The molecule has 0 saturated heterocycles. The van der Waals surface area contributed by atoms with Crippen molar-refractivity contribution >= 4 is 5.97 Å². The minimum Gasteiger partial charge on any atom is -0.481 e. The average molecular weight is 473 g/mol. The number of rotatable bonds is 2. The highest BCUT2D eigenvalue weighted by molar-refractivity contribution is 5.76. The summed E-state index contributed by atoms with van der Waals surface area (Å²) in [5, 5.41) is 32.4. The number of hydrogen-bond donors (Lipinski definition) is 3. The molecule has 0 radical (unpaired) electrons. The van der Waals surface area contributed by atoms with Crippen LogP contribution in [0.15, 0.2) is 12.2 Å². The van der Waals surface area contributed by atoms with E-state index in [4.69, 9.17) is 0 Å². The normalized spacial score (nSPS) is 55.9. The molecule has 0 spiro atoms. The molecule has 11 atom stereocenters. The van der Waals surface area contributed by atoms with Crippen LogP contribution in [0.1, 0.15) is 99.3 Å². The first-order valence-corrected chi connectivity index (χ1v) is 13.9. The number of allylic oxidation sites excluding steroid dienone is 1. The smallest absolute Gasteiger partial charge is 0.309 e. The molecule has 0 aromatic heterocycles. The van der Waals surface area contributed by atoms with Crippen molar-refractivity contribution < 1.29 is 20.1 Å². The summed E-state index contributed by atoms with van der Waals surface area (Å²) in [5.74, 6) is 1.24. The van der Waals surface area contributed by atoms with Gasteiger partial charge in [-0.2, -0.15) is 0 Å². The molecule has 5 saturated carbocycles. The second kappa shape index (κ2) is 7.34. The second-order valence-electron chi connectivity index (χ2n) is 14.7. The number of hydrogen-bond acceptors (Lipinski definition) is 3. The van der Waals surface area contributed by atoms with Crippen molar-refractivity contribution in [2.45, 2.75) is 112 Å². The Labute approximate surface area is 206 Å². The van der Waals surface area contributed by atoms with Gasteiger partial charge in [0, 0.05) is 0 Å². The molecule has 5 aliphatic carbocycles. The number of aliphatic hydroxyl groups is 2. The van der Waals surface area contributed by atoms with Crippen LogP contribution in [-0.4, -0.2) is 33.5 Å². The van der Waals surface area contributed by atoms with E-state index < -0.39 is 23.6 Å². The highest BCUT2D eigenvalue weighted by Crippen LogP contribution is 2.77. The maximum atomic E-state index is 12.8. The Kier molecular flexibility index (Phi) is 5.36. The summed E-state index contributed by atoms with van der Waals surface area (Å²) in [7, 11) is 0. The number of carboxylic acid groups (broad SMARTS) is 1. The van der Waals surface area contributed by atoms with Gasteiger partial charge in [0.1, 0.15) is 0 Å². The van der Waals surface area contributed by atoms with Gasteiger partial charge in [-0.05, 0) is 116 Å². The molecule has 0 aliphatic heterocycles. The van der Waals surface area contributed by atoms with Crippen LogP contribution in [0.2, 0.25) is 0 Å². The van der Waals surface area contributed by atoms with Crippen molar-refractivity contribution in [2.24, 2.45) is 56.7 Å². The molecule has 0 bridgehead atoms. The van der Waals surface area contributed by atoms with Crippen LogP contribution in [0.5, 0.6) is 0 Å². The third-order valence-corrected chi connectivity index (χ3v) is 13.4. The van der Waals surface area contributed by atoms with Gasteiger partial charge in [0.2, 0.25) is 0 Å². The largest absolute Gasteiger partial charge is 0.481 e. The lowest BCUT2D eigenvalue weighted by molar-refractivity contribution is -0.263. The molecule has 0 unspecified atom stereocenters. The zero-order valence-corrected chi connectivity index (χ0v) is 22.4. The summed E-state index contributed by atoms with van der Waals surface area (Å²) in [6.45, 7) is 18.2. The number of carboxylic acids is 1. The second-order valence-corrected chi connectivity index (χ2v) is 14.7. The maximum absolute atomic E-state index is 12.8. The molecule has 3 N–H and O–H groups in total. The van der Waals surface area contributed by atoms with E-state index in [2.05, 4.69) is 48.1 Å². The molecule has 0 amide bonds. The molecular formula is C30H48O4. The molecule has 5 aliphatic rings. The molecule has 0 heterocycles. The highest BCUT2D eigenvalue weighted by atomic mass is 16.4. The molecule has 4 nitrogen and oxygen atoms in total. The Bertz CT molecular complexity index is 894. The van der Waals surface area contributed by atoms with Gasteiger partial charge in [-0.15, -0.1) is 0 Å². The van der Waals surface area contributed by atoms with E-state index in [1.807, 2.05) is 0 Å². The first kappa shape index (κ1) is 24.8. The van der Waals surface area contributed by atoms with Gasteiger partial charge in [-0.1, -0.05) is 46.8 Å². The standard InChI is InChI=1S/C30H48O4/c1-17(2)18-10-13-30(25(33)34)15-14-28(6)19(23(18)30)8-9-22-27(5)16-20(31)24(32)26(3,4)21(27)11-12-29(22,28)7/h18-24,31-32H,1,8-16H2,2-7H3,(H,33,34)/t18-,19-,20+,21+,22-,23+,24-,27-,28+,29+,30+/m0/s1. The Morgan fingerprint density at radius 3 is 2.15 bits per heavy atom. The number of aliphatic carboxylic acids is 1. The van der Waals surface area contributed by atoms with Gasteiger partial charge in [-0.25, -0.2) is 0 Å². The zero-order valence-electron chi connectivity index (χ0n) is 22.4. The highest BCUT2D eigenvalue weighted by Gasteiger charge is 2.72. The minimum atomic E-state index is -0.669. The first-order chi connectivity index (χ1) is 15.7. The van der Waals surface area contributed by atoms with Gasteiger partial charge in [-0.3, -0.25) is 4.79 Å². The Morgan fingerprint density at radius 1 is 0.853 bits per heavy atom. The van der Waals surface area contributed by atoms with E-state index in [1.54, 1.807) is 0 Å². The lowest BCUT2D eigenvalue weighted by Crippen LogP contribution is -2.68. The summed E-state index contributed by atoms with van der Waals surface area (Å²) >= 11 is 0. The lowest BCUT2D eigenvalue weighted by atomic mass is 9.32. The monoisotopic (exact) mass is 472 g/mol. The molecule has 34 heavy (non-hydrogen) atoms. The van der Waals surface area contributed by atoms with Gasteiger partial charge in [0.15, 0.2) is 0 Å². The fraction of sp³-hybridized carbons (Fsp3) is 0.900. The molecule has 192 valence electrons. The van der Waals surface area contributed by atoms with E-state index in [0.29, 0.717) is 30.1 Å². The van der Waals surface area contributed by atoms with Crippen LogP contribution < -0.4 is 0 Å². The maximum Gasteiger partial charge on any atom is 0.309 e. The van der Waals surface area contributed by atoms with E-state index in [9.17, 15) is 20.1 Å². The van der Waals surface area contributed by atoms with Crippen LogP contribution in [0.4, 0.5) is 0 Å². The quantitative estimate of drug-likeness (QED) is 0.427. The summed E-state index contributed by atoms with van der Waals surface area (Å²) in [4.78, 5) is 12.8. The van der Waals surface area contributed by atoms with Crippen LogP contribution in [0, 0.1) is 56.7 Å². The lowest BCUT2D eigenvalue weighted by Gasteiger charge is -2.73. The van der Waals surface area contributed by atoms with Crippen LogP contribution in [0.3, 0.4) is 0 Å². The van der Waals surface area contributed by atoms with Crippen molar-refractivity contribution in [3.8, 4) is 0 Å². The van der Waals surface area contributed by atoms with Crippen LogP contribution in [-0.2, 0) is 4.79 Å². The predicted octanol–water partition coefficient (Wildman–Crippen LogP) is 6.06. The SMILES string of the molecule is C=C(C)[C@@H]1CC[C@@]2(C(=O)O)CC[C@]3(C)[C@@H](CC[C@H]4[C@@]5(C)C[C@@H](O)[C@H](O)C(C)(C)[C@H]5CC[C@]43C)[C@@H]12. The average Bonchev–Trinajstić information content (AvgIpc) is 3.14. The van der Waals surface area contributed by atoms with Gasteiger partial charge in [0.05, 0.1) is 17.6 Å². The number of aliphatic hydroxyl groups excluding tert-OH is 2. The molecule has 5 rings (SSSR count). The molecular weight excluding hydrogens is 424 g/mol. The first-order valence-electron chi connectivity index (χ1n) is 13.9. The van der Waals surface area contributed by atoms with E-state index in [-0.39, 0.29) is 27.6 Å². The van der Waals surface area contributed by atoms with Gasteiger partial charge in [0.25, 0.3) is 0 Å². The number of fused-ring (bicyclic) bond motifs is 7. The van der Waals surface area contributed by atoms with Crippen molar-refractivity contribution in [1.82, 2.24) is 0 Å².